The summed E-state index contributed by atoms with van der Waals surface area (Å²) in [4.78, 5) is 25.8. The summed E-state index contributed by atoms with van der Waals surface area (Å²) in [5.41, 5.74) is 0.200. The second-order valence-corrected chi connectivity index (χ2v) is 11.1. The zero-order chi connectivity index (χ0) is 23.9. The molecule has 0 saturated carbocycles. The predicted octanol–water partition coefficient (Wildman–Crippen LogP) is 2.40. The number of nitrogens with one attached hydrogen (secondary N) is 2. The van der Waals surface area contributed by atoms with E-state index in [-0.39, 0.29) is 41.4 Å². The summed E-state index contributed by atoms with van der Waals surface area (Å²) in [7, 11) is -3.71. The highest BCUT2D eigenvalue weighted by molar-refractivity contribution is 7.89. The van der Waals surface area contributed by atoms with Crippen molar-refractivity contribution in [1.82, 2.24) is 14.9 Å². The number of benzene rings is 1. The van der Waals surface area contributed by atoms with E-state index in [1.807, 2.05) is 20.8 Å². The van der Waals surface area contributed by atoms with Crippen LogP contribution in [-0.4, -0.2) is 62.9 Å². The van der Waals surface area contributed by atoms with Crippen molar-refractivity contribution in [3.63, 3.8) is 0 Å². The third-order valence-corrected chi connectivity index (χ3v) is 7.40. The van der Waals surface area contributed by atoms with E-state index < -0.39 is 22.0 Å². The molecule has 1 unspecified atom stereocenters. The molecule has 0 spiro atoms. The Labute approximate surface area is 192 Å². The van der Waals surface area contributed by atoms with Crippen LogP contribution in [-0.2, 0) is 19.6 Å². The van der Waals surface area contributed by atoms with Crippen LogP contribution in [0.5, 0.6) is 0 Å². The maximum absolute atomic E-state index is 12.9. The van der Waals surface area contributed by atoms with Crippen LogP contribution in [0.4, 0.5) is 0 Å². The van der Waals surface area contributed by atoms with Crippen LogP contribution in [0, 0.1) is 11.8 Å². The number of nitrogens with zero attached hydrogens (tertiary/aromatic N) is 1. The van der Waals surface area contributed by atoms with E-state index in [1.165, 1.54) is 16.4 Å². The number of ether oxygens (including phenoxy) is 1. The third kappa shape index (κ3) is 7.28. The fourth-order valence-electron chi connectivity index (χ4n) is 3.48. The Morgan fingerprint density at radius 2 is 1.69 bits per heavy atom. The Balaban J connectivity index is 2.10. The molecular formula is C23H37N3O5S. The fourth-order valence-corrected chi connectivity index (χ4v) is 4.94. The molecular weight excluding hydrogens is 430 g/mol. The van der Waals surface area contributed by atoms with E-state index in [9.17, 15) is 18.0 Å². The van der Waals surface area contributed by atoms with Crippen molar-refractivity contribution in [1.29, 1.82) is 0 Å². The van der Waals surface area contributed by atoms with Gasteiger partial charge in [-0.25, -0.2) is 8.42 Å². The largest absolute Gasteiger partial charge is 0.379 e. The van der Waals surface area contributed by atoms with E-state index in [0.29, 0.717) is 19.1 Å². The molecule has 8 nitrogen and oxygen atoms in total. The van der Waals surface area contributed by atoms with Crippen LogP contribution >= 0.6 is 0 Å². The molecule has 9 heteroatoms. The molecule has 2 amide bonds. The summed E-state index contributed by atoms with van der Waals surface area (Å²) in [5, 5.41) is 5.77. The van der Waals surface area contributed by atoms with Gasteiger partial charge < -0.3 is 15.4 Å². The Bertz CT molecular complexity index is 879. The summed E-state index contributed by atoms with van der Waals surface area (Å²) >= 11 is 0. The minimum atomic E-state index is -3.71. The number of rotatable bonds is 10. The number of carbonyl (C=O) groups excluding carboxylic acids is 2. The van der Waals surface area contributed by atoms with E-state index in [0.717, 1.165) is 12.8 Å². The Morgan fingerprint density at radius 1 is 1.03 bits per heavy atom. The molecule has 1 aliphatic heterocycles. The van der Waals surface area contributed by atoms with Crippen LogP contribution in [0.25, 0.3) is 0 Å². The Hall–Kier alpha value is -1.97. The number of hydrogen-bond donors (Lipinski definition) is 2. The van der Waals surface area contributed by atoms with Crippen molar-refractivity contribution in [3.8, 4) is 0 Å². The van der Waals surface area contributed by atoms with Gasteiger partial charge in [0.15, 0.2) is 0 Å². The molecule has 1 aliphatic rings. The van der Waals surface area contributed by atoms with Gasteiger partial charge in [-0.2, -0.15) is 4.31 Å². The normalized spacial score (nSPS) is 17.2. The zero-order valence-electron chi connectivity index (χ0n) is 19.8. The van der Waals surface area contributed by atoms with E-state index in [2.05, 4.69) is 24.5 Å². The summed E-state index contributed by atoms with van der Waals surface area (Å²) in [6, 6.07) is 5.22. The van der Waals surface area contributed by atoms with Crippen molar-refractivity contribution >= 4 is 21.8 Å². The van der Waals surface area contributed by atoms with E-state index >= 15 is 0 Å². The average Bonchev–Trinajstić information content (AvgIpc) is 2.76. The molecule has 1 saturated heterocycles. The average molecular weight is 468 g/mol. The SMILES string of the molecule is CC(C)CCC(C)NC(=O)[C@@H](NC(=O)c1cccc(S(=O)(=O)N2CCOCC2)c1)C(C)C. The van der Waals surface area contributed by atoms with E-state index in [4.69, 9.17) is 4.74 Å². The first kappa shape index (κ1) is 26.3. The van der Waals surface area contributed by atoms with Crippen LogP contribution in [0.2, 0.25) is 0 Å². The number of morpholine rings is 1. The fraction of sp³-hybridized carbons (Fsp3) is 0.652. The van der Waals surface area contributed by atoms with Crippen molar-refractivity contribution in [3.05, 3.63) is 29.8 Å². The zero-order valence-corrected chi connectivity index (χ0v) is 20.6. The first-order chi connectivity index (χ1) is 15.0. The van der Waals surface area contributed by atoms with Gasteiger partial charge in [0.1, 0.15) is 6.04 Å². The number of hydrogen-bond acceptors (Lipinski definition) is 5. The topological polar surface area (TPSA) is 105 Å². The van der Waals surface area contributed by atoms with Crippen LogP contribution in [0.15, 0.2) is 29.2 Å². The lowest BCUT2D eigenvalue weighted by Gasteiger charge is -2.26. The maximum Gasteiger partial charge on any atom is 0.251 e. The van der Waals surface area contributed by atoms with Crippen molar-refractivity contribution in [2.75, 3.05) is 26.3 Å². The first-order valence-corrected chi connectivity index (χ1v) is 12.8. The highest BCUT2D eigenvalue weighted by Crippen LogP contribution is 2.19. The molecule has 0 aliphatic carbocycles. The monoisotopic (exact) mass is 467 g/mol. The van der Waals surface area contributed by atoms with Crippen molar-refractivity contribution in [2.24, 2.45) is 11.8 Å². The molecule has 2 N–H and O–H groups in total. The third-order valence-electron chi connectivity index (χ3n) is 5.51. The summed E-state index contributed by atoms with van der Waals surface area (Å²) < 4.78 is 32.4. The molecule has 1 aromatic rings. The molecule has 1 fully saturated rings. The Kier molecular flexibility index (Phi) is 9.66. The number of amides is 2. The molecule has 2 atom stereocenters. The van der Waals surface area contributed by atoms with E-state index in [1.54, 1.807) is 12.1 Å². The van der Waals surface area contributed by atoms with Crippen LogP contribution < -0.4 is 10.6 Å². The van der Waals surface area contributed by atoms with Gasteiger partial charge in [-0.05, 0) is 49.8 Å². The lowest BCUT2D eigenvalue weighted by molar-refractivity contribution is -0.124. The smallest absolute Gasteiger partial charge is 0.251 e. The highest BCUT2D eigenvalue weighted by Gasteiger charge is 2.29. The van der Waals surface area contributed by atoms with Gasteiger partial charge in [-0.1, -0.05) is 33.8 Å². The van der Waals surface area contributed by atoms with Crippen LogP contribution in [0.3, 0.4) is 0 Å². The molecule has 2 rings (SSSR count). The van der Waals surface area contributed by atoms with Gasteiger partial charge in [0.2, 0.25) is 15.9 Å². The van der Waals surface area contributed by atoms with Gasteiger partial charge in [-0.15, -0.1) is 0 Å². The van der Waals surface area contributed by atoms with Crippen molar-refractivity contribution < 1.29 is 22.7 Å². The van der Waals surface area contributed by atoms with Gasteiger partial charge in [0, 0.05) is 24.7 Å². The lowest BCUT2D eigenvalue weighted by Crippen LogP contribution is -2.51. The van der Waals surface area contributed by atoms with Gasteiger partial charge in [0.05, 0.1) is 18.1 Å². The standard InChI is InChI=1S/C23H37N3O5S/c1-16(2)9-10-18(5)24-23(28)21(17(3)4)25-22(27)19-7-6-8-20(15-19)32(29,30)26-11-13-31-14-12-26/h6-8,15-18,21H,9-14H2,1-5H3,(H,24,28)(H,25,27)/t18?,21-/m0/s1. The lowest BCUT2D eigenvalue weighted by atomic mass is 10.0. The van der Waals surface area contributed by atoms with Crippen LogP contribution in [0.1, 0.15) is 57.8 Å². The number of carbonyl (C=O) groups is 2. The van der Waals surface area contributed by atoms with Crippen molar-refractivity contribution in [2.45, 2.75) is 64.4 Å². The second kappa shape index (κ2) is 11.8. The summed E-state index contributed by atoms with van der Waals surface area (Å²) in [6.45, 7) is 11.2. The molecule has 1 heterocycles. The highest BCUT2D eigenvalue weighted by atomic mass is 32.2. The van der Waals surface area contributed by atoms with Gasteiger partial charge in [0.25, 0.3) is 5.91 Å². The molecule has 180 valence electrons. The van der Waals surface area contributed by atoms with Gasteiger partial charge >= 0.3 is 0 Å². The second-order valence-electron chi connectivity index (χ2n) is 9.12. The molecule has 0 aromatic heterocycles. The predicted molar refractivity (Wildman–Crippen MR) is 124 cm³/mol. The minimum absolute atomic E-state index is 0.00467. The summed E-state index contributed by atoms with van der Waals surface area (Å²) in [6.07, 6.45) is 1.87. The maximum atomic E-state index is 12.9. The summed E-state index contributed by atoms with van der Waals surface area (Å²) in [5.74, 6) is -0.290. The Morgan fingerprint density at radius 3 is 2.28 bits per heavy atom. The first-order valence-electron chi connectivity index (χ1n) is 11.3. The van der Waals surface area contributed by atoms with Gasteiger partial charge in [-0.3, -0.25) is 9.59 Å². The minimum Gasteiger partial charge on any atom is -0.379 e. The molecule has 1 aromatic carbocycles. The molecule has 0 radical (unpaired) electrons. The molecule has 0 bridgehead atoms. The molecule has 32 heavy (non-hydrogen) atoms. The quantitative estimate of drug-likeness (QED) is 0.550. The number of sulfonamides is 1.